The molecule has 0 aliphatic rings. The van der Waals surface area contributed by atoms with Crippen molar-refractivity contribution >= 4 is 11.9 Å². The van der Waals surface area contributed by atoms with Crippen LogP contribution in [-0.4, -0.2) is 63.3 Å². The van der Waals surface area contributed by atoms with Crippen molar-refractivity contribution in [3.8, 4) is 23.0 Å². The summed E-state index contributed by atoms with van der Waals surface area (Å²) >= 11 is 0. The number of ether oxygens (including phenoxy) is 6. The Morgan fingerprint density at radius 2 is 1.04 bits per heavy atom. The number of hydrogen-bond donors (Lipinski definition) is 1. The molecule has 0 bridgehead atoms. The Morgan fingerprint density at radius 3 is 1.60 bits per heavy atom. The molecular formula is C44H58O9. The molecule has 0 atom stereocenters. The van der Waals surface area contributed by atoms with E-state index < -0.39 is 11.9 Å². The summed E-state index contributed by atoms with van der Waals surface area (Å²) in [4.78, 5) is 24.0. The van der Waals surface area contributed by atoms with Gasteiger partial charge in [0.2, 0.25) is 0 Å². The smallest absolute Gasteiger partial charge is 0.333 e. The monoisotopic (exact) mass is 730 g/mol. The highest BCUT2D eigenvalue weighted by Gasteiger charge is 2.15. The maximum Gasteiger partial charge on any atom is 0.333 e. The van der Waals surface area contributed by atoms with E-state index in [4.69, 9.17) is 33.5 Å². The standard InChI is InChI=1S/C44H58O9/c1-34(2)43(46)52-28-14-17-37-32-41(50-31-30-49-39-19-9-5-10-20-39)33-38(18-15-29-53-44(47)35(3)4)42(37)51-27-12-6-8-16-36-21-23-40(24-22-36)48-26-13-7-11-25-45/h5,9-10,19-24,32-33,45H,1,3,6-8,11-18,25-31H2,2,4H3. The van der Waals surface area contributed by atoms with Crippen LogP contribution in [0.3, 0.4) is 0 Å². The maximum absolute atomic E-state index is 12.0. The van der Waals surface area contributed by atoms with Crippen LogP contribution >= 0.6 is 0 Å². The normalized spacial score (nSPS) is 10.7. The van der Waals surface area contributed by atoms with Crippen molar-refractivity contribution in [1.82, 2.24) is 0 Å². The lowest BCUT2D eigenvalue weighted by Crippen LogP contribution is -2.12. The van der Waals surface area contributed by atoms with Crippen molar-refractivity contribution < 1.29 is 43.1 Å². The molecule has 0 fully saturated rings. The van der Waals surface area contributed by atoms with Gasteiger partial charge in [-0.1, -0.05) is 43.5 Å². The third-order valence-electron chi connectivity index (χ3n) is 8.28. The molecule has 1 N–H and O–H groups in total. The number of carbonyl (C=O) groups is 2. The van der Waals surface area contributed by atoms with Gasteiger partial charge in [0, 0.05) is 17.8 Å². The van der Waals surface area contributed by atoms with Crippen LogP contribution in [0.2, 0.25) is 0 Å². The van der Waals surface area contributed by atoms with Crippen LogP contribution in [0.1, 0.15) is 81.9 Å². The van der Waals surface area contributed by atoms with Crippen LogP contribution < -0.4 is 18.9 Å². The quantitative estimate of drug-likeness (QED) is 0.0446. The minimum atomic E-state index is -0.406. The van der Waals surface area contributed by atoms with Crippen molar-refractivity contribution in [3.05, 3.63) is 108 Å². The third-order valence-corrected chi connectivity index (χ3v) is 8.28. The van der Waals surface area contributed by atoms with Crippen LogP contribution in [0.15, 0.2) is 91.0 Å². The molecule has 3 aromatic carbocycles. The number of esters is 2. The van der Waals surface area contributed by atoms with Gasteiger partial charge in [-0.25, -0.2) is 9.59 Å². The first-order valence-electron chi connectivity index (χ1n) is 18.8. The van der Waals surface area contributed by atoms with Crippen LogP contribution in [0.25, 0.3) is 0 Å². The number of rotatable bonds is 28. The molecule has 0 amide bonds. The molecule has 0 unspecified atom stereocenters. The number of benzene rings is 3. The lowest BCUT2D eigenvalue weighted by atomic mass is 10.0. The van der Waals surface area contributed by atoms with Gasteiger partial charge in [-0.05, 0) is 138 Å². The van der Waals surface area contributed by atoms with E-state index in [9.17, 15) is 9.59 Å². The van der Waals surface area contributed by atoms with Crippen LogP contribution in [-0.2, 0) is 38.3 Å². The molecule has 288 valence electrons. The van der Waals surface area contributed by atoms with Gasteiger partial charge in [-0.3, -0.25) is 0 Å². The van der Waals surface area contributed by atoms with Gasteiger partial charge < -0.3 is 33.5 Å². The van der Waals surface area contributed by atoms with Crippen molar-refractivity contribution in [3.63, 3.8) is 0 Å². The van der Waals surface area contributed by atoms with E-state index >= 15 is 0 Å². The highest BCUT2D eigenvalue weighted by molar-refractivity contribution is 5.87. The molecule has 3 aromatic rings. The lowest BCUT2D eigenvalue weighted by molar-refractivity contribution is -0.139. The fraction of sp³-hybridized carbons (Fsp3) is 0.455. The minimum Gasteiger partial charge on any atom is -0.494 e. The molecule has 0 spiro atoms. The molecule has 3 rings (SSSR count). The fourth-order valence-electron chi connectivity index (χ4n) is 5.41. The third kappa shape index (κ3) is 17.5. The predicted octanol–water partition coefficient (Wildman–Crippen LogP) is 8.58. The number of para-hydroxylation sites is 1. The van der Waals surface area contributed by atoms with Gasteiger partial charge in [0.25, 0.3) is 0 Å². The van der Waals surface area contributed by atoms with Gasteiger partial charge >= 0.3 is 11.9 Å². The Hall–Kier alpha value is -4.76. The molecule has 0 heterocycles. The molecule has 0 saturated heterocycles. The number of aryl methyl sites for hydroxylation is 3. The maximum atomic E-state index is 12.0. The highest BCUT2D eigenvalue weighted by Crippen LogP contribution is 2.32. The highest BCUT2D eigenvalue weighted by atomic mass is 16.5. The summed E-state index contributed by atoms with van der Waals surface area (Å²) < 4.78 is 35.1. The van der Waals surface area contributed by atoms with E-state index in [1.807, 2.05) is 54.6 Å². The van der Waals surface area contributed by atoms with Gasteiger partial charge in [0.15, 0.2) is 0 Å². The van der Waals surface area contributed by atoms with Crippen molar-refractivity contribution in [2.45, 2.75) is 84.5 Å². The molecule has 53 heavy (non-hydrogen) atoms. The summed E-state index contributed by atoms with van der Waals surface area (Å²) in [6, 6.07) is 21.9. The molecule has 9 nitrogen and oxygen atoms in total. The summed E-state index contributed by atoms with van der Waals surface area (Å²) in [6.45, 7) is 13.3. The first-order chi connectivity index (χ1) is 25.8. The molecular weight excluding hydrogens is 672 g/mol. The Morgan fingerprint density at radius 1 is 0.528 bits per heavy atom. The second kappa shape index (κ2) is 25.3. The lowest BCUT2D eigenvalue weighted by Gasteiger charge is -2.19. The van der Waals surface area contributed by atoms with Crippen LogP contribution in [0.4, 0.5) is 0 Å². The molecule has 0 saturated carbocycles. The second-order valence-electron chi connectivity index (χ2n) is 13.1. The van der Waals surface area contributed by atoms with Gasteiger partial charge in [-0.2, -0.15) is 0 Å². The molecule has 0 radical (unpaired) electrons. The van der Waals surface area contributed by atoms with E-state index in [1.165, 1.54) is 5.56 Å². The summed E-state index contributed by atoms with van der Waals surface area (Å²) in [6.07, 6.45) is 9.01. The van der Waals surface area contributed by atoms with Crippen molar-refractivity contribution in [2.75, 3.05) is 46.2 Å². The zero-order chi connectivity index (χ0) is 38.1. The molecule has 0 aliphatic carbocycles. The van der Waals surface area contributed by atoms with E-state index in [0.29, 0.717) is 69.0 Å². The van der Waals surface area contributed by atoms with Gasteiger partial charge in [0.05, 0.1) is 26.4 Å². The van der Waals surface area contributed by atoms with E-state index in [-0.39, 0.29) is 19.8 Å². The molecule has 0 aliphatic heterocycles. The Bertz CT molecular complexity index is 1480. The Labute approximate surface area is 315 Å². The van der Waals surface area contributed by atoms with E-state index in [1.54, 1.807) is 13.8 Å². The minimum absolute atomic E-state index is 0.227. The molecule has 0 aromatic heterocycles. The zero-order valence-corrected chi connectivity index (χ0v) is 31.7. The first-order valence-corrected chi connectivity index (χ1v) is 18.8. The molecule has 9 heteroatoms. The predicted molar refractivity (Wildman–Crippen MR) is 208 cm³/mol. The largest absolute Gasteiger partial charge is 0.494 e. The van der Waals surface area contributed by atoms with Crippen LogP contribution in [0, 0.1) is 0 Å². The van der Waals surface area contributed by atoms with E-state index in [0.717, 1.165) is 73.3 Å². The number of aliphatic hydroxyl groups excluding tert-OH is 1. The number of carbonyl (C=O) groups excluding carboxylic acids is 2. The number of unbranched alkanes of at least 4 members (excludes halogenated alkanes) is 4. The van der Waals surface area contributed by atoms with Gasteiger partial charge in [0.1, 0.15) is 36.2 Å². The summed E-state index contributed by atoms with van der Waals surface area (Å²) in [5.74, 6) is 2.32. The fourth-order valence-corrected chi connectivity index (χ4v) is 5.41. The second-order valence-corrected chi connectivity index (χ2v) is 13.1. The van der Waals surface area contributed by atoms with Crippen molar-refractivity contribution in [2.24, 2.45) is 0 Å². The first kappa shape index (κ1) is 42.7. The average Bonchev–Trinajstić information content (AvgIpc) is 3.16. The van der Waals surface area contributed by atoms with Crippen LogP contribution in [0.5, 0.6) is 23.0 Å². The Kier molecular flexibility index (Phi) is 20.3. The summed E-state index contributed by atoms with van der Waals surface area (Å²) in [7, 11) is 0. The van der Waals surface area contributed by atoms with E-state index in [2.05, 4.69) is 25.3 Å². The number of aliphatic hydroxyl groups is 1. The summed E-state index contributed by atoms with van der Waals surface area (Å²) in [5, 5.41) is 8.91. The van der Waals surface area contributed by atoms with Gasteiger partial charge in [-0.15, -0.1) is 0 Å². The zero-order valence-electron chi connectivity index (χ0n) is 31.7. The number of hydrogen-bond acceptors (Lipinski definition) is 9. The average molecular weight is 731 g/mol. The topological polar surface area (TPSA) is 110 Å². The SMILES string of the molecule is C=C(C)C(=O)OCCCc1cc(OCCOc2ccccc2)cc(CCCOC(=O)C(=C)C)c1OCCCCCc1ccc(OCCCCCO)cc1. The summed E-state index contributed by atoms with van der Waals surface area (Å²) in [5.41, 5.74) is 3.92. The van der Waals surface area contributed by atoms with Crippen molar-refractivity contribution in [1.29, 1.82) is 0 Å². The Balaban J connectivity index is 1.62.